The highest BCUT2D eigenvalue weighted by Gasteiger charge is 2.27. The fourth-order valence-electron chi connectivity index (χ4n) is 4.36. The first-order chi connectivity index (χ1) is 15.6. The highest BCUT2D eigenvalue weighted by molar-refractivity contribution is 5.95. The molecule has 0 atom stereocenters. The molecule has 0 unspecified atom stereocenters. The fraction of sp³-hybridized carbons (Fsp3) is 0.458. The van der Waals surface area contributed by atoms with Crippen molar-refractivity contribution in [2.24, 2.45) is 5.92 Å². The van der Waals surface area contributed by atoms with Crippen LogP contribution in [0.2, 0.25) is 0 Å². The van der Waals surface area contributed by atoms with Gasteiger partial charge in [0.05, 0.1) is 14.2 Å². The van der Waals surface area contributed by atoms with Crippen molar-refractivity contribution >= 4 is 23.3 Å². The van der Waals surface area contributed by atoms with Crippen LogP contribution >= 0.6 is 0 Å². The van der Waals surface area contributed by atoms with E-state index >= 15 is 0 Å². The largest absolute Gasteiger partial charge is 0.493 e. The van der Waals surface area contributed by atoms with Gasteiger partial charge in [-0.1, -0.05) is 0 Å². The zero-order valence-corrected chi connectivity index (χ0v) is 18.7. The minimum atomic E-state index is -0.0752. The summed E-state index contributed by atoms with van der Waals surface area (Å²) in [5.74, 6) is 2.01. The molecule has 0 aliphatic carbocycles. The lowest BCUT2D eigenvalue weighted by Gasteiger charge is -2.32. The number of piperidine rings is 1. The quantitative estimate of drug-likeness (QED) is 0.746. The molecule has 0 radical (unpaired) electrons. The van der Waals surface area contributed by atoms with Gasteiger partial charge in [0, 0.05) is 55.6 Å². The van der Waals surface area contributed by atoms with E-state index in [2.05, 4.69) is 15.2 Å². The Morgan fingerprint density at radius 1 is 0.969 bits per heavy atom. The molecule has 32 heavy (non-hydrogen) atoms. The van der Waals surface area contributed by atoms with Crippen LogP contribution in [0.5, 0.6) is 11.5 Å². The monoisotopic (exact) mass is 438 g/mol. The zero-order chi connectivity index (χ0) is 22.5. The third-order valence-electron chi connectivity index (χ3n) is 6.23. The van der Waals surface area contributed by atoms with E-state index in [0.717, 1.165) is 57.7 Å². The van der Waals surface area contributed by atoms with Crippen molar-refractivity contribution in [3.05, 3.63) is 42.1 Å². The van der Waals surface area contributed by atoms with Gasteiger partial charge in [0.1, 0.15) is 5.82 Å². The maximum absolute atomic E-state index is 12.8. The predicted octanol–water partition coefficient (Wildman–Crippen LogP) is 3.19. The van der Waals surface area contributed by atoms with Crippen LogP contribution in [0.4, 0.5) is 11.5 Å². The lowest BCUT2D eigenvalue weighted by atomic mass is 9.95. The summed E-state index contributed by atoms with van der Waals surface area (Å²) in [5, 5.41) is 2.99. The van der Waals surface area contributed by atoms with Crippen LogP contribution in [-0.2, 0) is 4.79 Å². The number of likely N-dealkylation sites (tertiary alicyclic amines) is 1. The van der Waals surface area contributed by atoms with Crippen molar-refractivity contribution in [3.63, 3.8) is 0 Å². The maximum atomic E-state index is 12.8. The van der Waals surface area contributed by atoms with Crippen LogP contribution in [0.25, 0.3) is 0 Å². The smallest absolute Gasteiger partial charge is 0.254 e. The maximum Gasteiger partial charge on any atom is 0.254 e. The van der Waals surface area contributed by atoms with Crippen LogP contribution in [0.15, 0.2) is 36.5 Å². The number of hydrogen-bond acceptors (Lipinski definition) is 6. The van der Waals surface area contributed by atoms with Crippen LogP contribution < -0.4 is 19.7 Å². The highest BCUT2D eigenvalue weighted by atomic mass is 16.5. The van der Waals surface area contributed by atoms with E-state index in [-0.39, 0.29) is 17.7 Å². The second kappa shape index (κ2) is 9.89. The van der Waals surface area contributed by atoms with Gasteiger partial charge in [0.25, 0.3) is 5.91 Å². The van der Waals surface area contributed by atoms with Crippen LogP contribution in [0.1, 0.15) is 36.0 Å². The Bertz CT molecular complexity index is 966. The molecule has 170 valence electrons. The fourth-order valence-corrected chi connectivity index (χ4v) is 4.36. The van der Waals surface area contributed by atoms with E-state index in [1.54, 1.807) is 44.7 Å². The first kappa shape index (κ1) is 21.9. The molecule has 2 aliphatic rings. The molecule has 2 amide bonds. The molecule has 0 spiro atoms. The van der Waals surface area contributed by atoms with Gasteiger partial charge in [-0.3, -0.25) is 9.59 Å². The number of rotatable bonds is 6. The lowest BCUT2D eigenvalue weighted by Crippen LogP contribution is -2.38. The van der Waals surface area contributed by atoms with Crippen molar-refractivity contribution < 1.29 is 19.1 Å². The van der Waals surface area contributed by atoms with E-state index in [1.165, 1.54) is 0 Å². The predicted molar refractivity (Wildman–Crippen MR) is 122 cm³/mol. The number of methoxy groups -OCH3 is 2. The average molecular weight is 439 g/mol. The molecule has 8 nitrogen and oxygen atoms in total. The number of benzene rings is 1. The number of hydrogen-bond donors (Lipinski definition) is 1. The van der Waals surface area contributed by atoms with Crippen molar-refractivity contribution in [2.45, 2.75) is 25.7 Å². The summed E-state index contributed by atoms with van der Waals surface area (Å²) in [5.41, 5.74) is 1.37. The van der Waals surface area contributed by atoms with Crippen molar-refractivity contribution in [3.8, 4) is 11.5 Å². The third-order valence-corrected chi connectivity index (χ3v) is 6.23. The van der Waals surface area contributed by atoms with Crippen molar-refractivity contribution in [1.82, 2.24) is 9.88 Å². The van der Waals surface area contributed by atoms with Gasteiger partial charge in [-0.05, 0) is 49.9 Å². The number of aromatic nitrogens is 1. The third kappa shape index (κ3) is 4.79. The number of ether oxygens (including phenoxy) is 2. The zero-order valence-electron chi connectivity index (χ0n) is 18.7. The SMILES string of the molecule is COc1ccc(NC(=O)C2CCN(c3cc(C(=O)N4CCCC4)ccn3)CC2)cc1OC. The average Bonchev–Trinajstić information content (AvgIpc) is 3.38. The molecule has 2 aliphatic heterocycles. The number of carbonyl (C=O) groups is 2. The highest BCUT2D eigenvalue weighted by Crippen LogP contribution is 2.30. The Morgan fingerprint density at radius 3 is 2.38 bits per heavy atom. The van der Waals surface area contributed by atoms with E-state index in [9.17, 15) is 9.59 Å². The molecule has 0 saturated carbocycles. The van der Waals surface area contributed by atoms with Gasteiger partial charge in [-0.25, -0.2) is 4.98 Å². The molecule has 2 fully saturated rings. The molecule has 4 rings (SSSR count). The molecular formula is C24H30N4O4. The molecular weight excluding hydrogens is 408 g/mol. The number of carbonyl (C=O) groups excluding carboxylic acids is 2. The molecule has 1 N–H and O–H groups in total. The van der Waals surface area contributed by atoms with Crippen LogP contribution in [-0.4, -0.2) is 62.1 Å². The van der Waals surface area contributed by atoms with Gasteiger partial charge in [0.15, 0.2) is 11.5 Å². The minimum Gasteiger partial charge on any atom is -0.493 e. The number of nitrogens with one attached hydrogen (secondary N) is 1. The van der Waals surface area contributed by atoms with Gasteiger partial charge < -0.3 is 24.6 Å². The summed E-state index contributed by atoms with van der Waals surface area (Å²) in [7, 11) is 3.15. The summed E-state index contributed by atoms with van der Waals surface area (Å²) >= 11 is 0. The van der Waals surface area contributed by atoms with Gasteiger partial charge in [-0.2, -0.15) is 0 Å². The lowest BCUT2D eigenvalue weighted by molar-refractivity contribution is -0.120. The molecule has 3 heterocycles. The number of amides is 2. The first-order valence-electron chi connectivity index (χ1n) is 11.1. The Kier molecular flexibility index (Phi) is 6.78. The number of nitrogens with zero attached hydrogens (tertiary/aromatic N) is 3. The van der Waals surface area contributed by atoms with E-state index in [0.29, 0.717) is 22.7 Å². The summed E-state index contributed by atoms with van der Waals surface area (Å²) in [4.78, 5) is 34.0. The summed E-state index contributed by atoms with van der Waals surface area (Å²) in [6.45, 7) is 3.10. The molecule has 2 saturated heterocycles. The van der Waals surface area contributed by atoms with Crippen molar-refractivity contribution in [2.75, 3.05) is 50.6 Å². The van der Waals surface area contributed by atoms with Gasteiger partial charge in [0.2, 0.25) is 5.91 Å². The molecule has 8 heteroatoms. The topological polar surface area (TPSA) is 84.0 Å². The van der Waals surface area contributed by atoms with Gasteiger partial charge >= 0.3 is 0 Å². The Morgan fingerprint density at radius 2 is 1.69 bits per heavy atom. The second-order valence-corrected chi connectivity index (χ2v) is 8.22. The second-order valence-electron chi connectivity index (χ2n) is 8.22. The van der Waals surface area contributed by atoms with Crippen LogP contribution in [0.3, 0.4) is 0 Å². The number of pyridine rings is 1. The standard InChI is InChI=1S/C24H30N4O4/c1-31-20-6-5-19(16-21(20)32-2)26-23(29)17-8-13-27(14-9-17)22-15-18(7-10-25-22)24(30)28-11-3-4-12-28/h5-7,10,15-17H,3-4,8-9,11-14H2,1-2H3,(H,26,29). The normalized spacial score (nSPS) is 16.7. The van der Waals surface area contributed by atoms with Gasteiger partial charge in [-0.15, -0.1) is 0 Å². The molecule has 1 aromatic heterocycles. The van der Waals surface area contributed by atoms with E-state index in [4.69, 9.17) is 9.47 Å². The summed E-state index contributed by atoms with van der Waals surface area (Å²) in [6, 6.07) is 9.01. The minimum absolute atomic E-state index is 0.00258. The number of anilines is 2. The summed E-state index contributed by atoms with van der Waals surface area (Å²) in [6.07, 6.45) is 5.30. The Hall–Kier alpha value is -3.29. The molecule has 1 aromatic carbocycles. The van der Waals surface area contributed by atoms with E-state index in [1.807, 2.05) is 11.0 Å². The Labute approximate surface area is 188 Å². The molecule has 0 bridgehead atoms. The molecule has 2 aromatic rings. The van der Waals surface area contributed by atoms with Crippen molar-refractivity contribution in [1.29, 1.82) is 0 Å². The van der Waals surface area contributed by atoms with Crippen LogP contribution in [0, 0.1) is 5.92 Å². The first-order valence-corrected chi connectivity index (χ1v) is 11.1. The van der Waals surface area contributed by atoms with E-state index < -0.39 is 0 Å². The summed E-state index contributed by atoms with van der Waals surface area (Å²) < 4.78 is 10.6. The Balaban J connectivity index is 1.34.